The first kappa shape index (κ1) is 17.1. The molecule has 2 aromatic carbocycles. The Balaban J connectivity index is 1.55. The minimum absolute atomic E-state index is 0.270. The van der Waals surface area contributed by atoms with Crippen molar-refractivity contribution in [3.63, 3.8) is 0 Å². The zero-order valence-corrected chi connectivity index (χ0v) is 14.6. The van der Waals surface area contributed by atoms with Crippen molar-refractivity contribution in [3.05, 3.63) is 65.9 Å². The van der Waals surface area contributed by atoms with Gasteiger partial charge in [-0.1, -0.05) is 19.9 Å². The van der Waals surface area contributed by atoms with Gasteiger partial charge in [0.05, 0.1) is 12.2 Å². The number of hydrogen-bond donors (Lipinski definition) is 1. The van der Waals surface area contributed by atoms with E-state index < -0.39 is 5.97 Å². The molecule has 130 valence electrons. The highest BCUT2D eigenvalue weighted by molar-refractivity contribution is 5.87. The molecule has 1 heterocycles. The molecule has 4 nitrogen and oxygen atoms in total. The molecule has 0 spiro atoms. The number of carboxylic acids is 1. The van der Waals surface area contributed by atoms with Gasteiger partial charge in [0, 0.05) is 18.3 Å². The Hall–Kier alpha value is -2.75. The quantitative estimate of drug-likeness (QED) is 0.622. The van der Waals surface area contributed by atoms with E-state index in [1.165, 1.54) is 16.5 Å². The van der Waals surface area contributed by atoms with Crippen molar-refractivity contribution >= 4 is 16.9 Å². The molecular formula is C21H23NO3. The maximum absolute atomic E-state index is 10.8. The summed E-state index contributed by atoms with van der Waals surface area (Å²) in [6.07, 6.45) is 3.01. The first-order valence-electron chi connectivity index (χ1n) is 8.59. The van der Waals surface area contributed by atoms with Crippen LogP contribution in [0, 0.1) is 0 Å². The Morgan fingerprint density at radius 2 is 1.88 bits per heavy atom. The molecule has 0 fully saturated rings. The van der Waals surface area contributed by atoms with Crippen molar-refractivity contribution < 1.29 is 14.6 Å². The molecule has 3 aromatic rings. The van der Waals surface area contributed by atoms with Gasteiger partial charge < -0.3 is 14.4 Å². The monoisotopic (exact) mass is 337 g/mol. The topological polar surface area (TPSA) is 51.5 Å². The highest BCUT2D eigenvalue weighted by atomic mass is 16.5. The molecule has 0 unspecified atom stereocenters. The van der Waals surface area contributed by atoms with E-state index in [2.05, 4.69) is 48.9 Å². The SMILES string of the molecule is CC(C)c1ccc2c(ccn2CCCOc2ccc(C(=O)O)cc2)c1. The predicted molar refractivity (Wildman–Crippen MR) is 99.5 cm³/mol. The maximum Gasteiger partial charge on any atom is 0.335 e. The van der Waals surface area contributed by atoms with Gasteiger partial charge in [-0.2, -0.15) is 0 Å². The van der Waals surface area contributed by atoms with Gasteiger partial charge in [0.2, 0.25) is 0 Å². The van der Waals surface area contributed by atoms with Crippen LogP contribution in [0.2, 0.25) is 0 Å². The van der Waals surface area contributed by atoms with Gasteiger partial charge in [0.25, 0.3) is 0 Å². The predicted octanol–water partition coefficient (Wildman–Crippen LogP) is 4.93. The van der Waals surface area contributed by atoms with Crippen LogP contribution in [0.4, 0.5) is 0 Å². The Bertz CT molecular complexity index is 862. The number of aromatic carboxylic acids is 1. The highest BCUT2D eigenvalue weighted by Crippen LogP contribution is 2.22. The van der Waals surface area contributed by atoms with Gasteiger partial charge >= 0.3 is 5.97 Å². The lowest BCUT2D eigenvalue weighted by Crippen LogP contribution is -2.04. The number of rotatable bonds is 7. The largest absolute Gasteiger partial charge is 0.494 e. The number of fused-ring (bicyclic) bond motifs is 1. The molecule has 25 heavy (non-hydrogen) atoms. The van der Waals surface area contributed by atoms with Crippen molar-refractivity contribution in [1.29, 1.82) is 0 Å². The van der Waals surface area contributed by atoms with E-state index >= 15 is 0 Å². The second-order valence-corrected chi connectivity index (χ2v) is 6.51. The van der Waals surface area contributed by atoms with E-state index in [9.17, 15) is 4.79 Å². The number of ether oxygens (including phenoxy) is 1. The van der Waals surface area contributed by atoms with E-state index in [4.69, 9.17) is 9.84 Å². The van der Waals surface area contributed by atoms with Crippen molar-refractivity contribution in [1.82, 2.24) is 4.57 Å². The third-order valence-electron chi connectivity index (χ3n) is 4.38. The van der Waals surface area contributed by atoms with Crippen LogP contribution in [-0.4, -0.2) is 22.2 Å². The molecule has 0 aliphatic rings. The number of carboxylic acid groups (broad SMARTS) is 1. The van der Waals surface area contributed by atoms with Crippen molar-refractivity contribution in [3.8, 4) is 5.75 Å². The van der Waals surface area contributed by atoms with Crippen LogP contribution in [0.15, 0.2) is 54.7 Å². The summed E-state index contributed by atoms with van der Waals surface area (Å²) in [5.41, 5.74) is 2.88. The second kappa shape index (κ2) is 7.43. The van der Waals surface area contributed by atoms with Crippen LogP contribution in [0.3, 0.4) is 0 Å². The summed E-state index contributed by atoms with van der Waals surface area (Å²) in [6, 6.07) is 15.3. The van der Waals surface area contributed by atoms with Gasteiger partial charge in [-0.3, -0.25) is 0 Å². The molecular weight excluding hydrogens is 314 g/mol. The summed E-state index contributed by atoms with van der Waals surface area (Å²) in [7, 11) is 0. The van der Waals surface area contributed by atoms with E-state index in [0.29, 0.717) is 18.3 Å². The van der Waals surface area contributed by atoms with Gasteiger partial charge in [0.15, 0.2) is 0 Å². The first-order chi connectivity index (χ1) is 12.0. The van der Waals surface area contributed by atoms with E-state index in [1.807, 2.05) is 0 Å². The first-order valence-corrected chi connectivity index (χ1v) is 8.59. The lowest BCUT2D eigenvalue weighted by Gasteiger charge is -2.09. The summed E-state index contributed by atoms with van der Waals surface area (Å²) in [6.45, 7) is 5.89. The van der Waals surface area contributed by atoms with Gasteiger partial charge in [-0.05, 0) is 65.8 Å². The van der Waals surface area contributed by atoms with Crippen molar-refractivity contribution in [2.24, 2.45) is 0 Å². The smallest absolute Gasteiger partial charge is 0.335 e. The van der Waals surface area contributed by atoms with Gasteiger partial charge in [-0.25, -0.2) is 4.79 Å². The van der Waals surface area contributed by atoms with Crippen LogP contribution in [0.1, 0.15) is 42.1 Å². The number of benzene rings is 2. The zero-order valence-electron chi connectivity index (χ0n) is 14.6. The van der Waals surface area contributed by atoms with Crippen molar-refractivity contribution in [2.45, 2.75) is 32.7 Å². The molecule has 0 saturated heterocycles. The molecule has 0 atom stereocenters. The number of aryl methyl sites for hydroxylation is 1. The fourth-order valence-corrected chi connectivity index (χ4v) is 2.89. The Morgan fingerprint density at radius 1 is 1.12 bits per heavy atom. The van der Waals surface area contributed by atoms with Crippen LogP contribution in [0.5, 0.6) is 5.75 Å². The number of aromatic nitrogens is 1. The fraction of sp³-hybridized carbons (Fsp3) is 0.286. The molecule has 0 amide bonds. The molecule has 0 radical (unpaired) electrons. The zero-order chi connectivity index (χ0) is 17.8. The summed E-state index contributed by atoms with van der Waals surface area (Å²) >= 11 is 0. The third-order valence-corrected chi connectivity index (χ3v) is 4.38. The fourth-order valence-electron chi connectivity index (χ4n) is 2.89. The number of nitrogens with zero attached hydrogens (tertiary/aromatic N) is 1. The number of hydrogen-bond acceptors (Lipinski definition) is 2. The molecule has 1 N–H and O–H groups in total. The molecule has 4 heteroatoms. The van der Waals surface area contributed by atoms with E-state index in [1.54, 1.807) is 24.3 Å². The average molecular weight is 337 g/mol. The van der Waals surface area contributed by atoms with Gasteiger partial charge in [0.1, 0.15) is 5.75 Å². The lowest BCUT2D eigenvalue weighted by molar-refractivity contribution is 0.0697. The normalized spacial score (nSPS) is 11.2. The molecule has 1 aromatic heterocycles. The van der Waals surface area contributed by atoms with Crippen LogP contribution >= 0.6 is 0 Å². The van der Waals surface area contributed by atoms with E-state index in [0.717, 1.165) is 13.0 Å². The minimum atomic E-state index is -0.924. The summed E-state index contributed by atoms with van der Waals surface area (Å²) in [5, 5.41) is 10.2. The van der Waals surface area contributed by atoms with E-state index in [-0.39, 0.29) is 5.56 Å². The average Bonchev–Trinajstić information content (AvgIpc) is 3.01. The van der Waals surface area contributed by atoms with Gasteiger partial charge in [-0.15, -0.1) is 0 Å². The molecule has 3 rings (SSSR count). The maximum atomic E-state index is 10.8. The Morgan fingerprint density at radius 3 is 2.56 bits per heavy atom. The van der Waals surface area contributed by atoms with Crippen molar-refractivity contribution in [2.75, 3.05) is 6.61 Å². The van der Waals surface area contributed by atoms with Crippen LogP contribution < -0.4 is 4.74 Å². The lowest BCUT2D eigenvalue weighted by atomic mass is 10.0. The minimum Gasteiger partial charge on any atom is -0.494 e. The summed E-state index contributed by atoms with van der Waals surface area (Å²) in [4.78, 5) is 10.8. The highest BCUT2D eigenvalue weighted by Gasteiger charge is 2.05. The molecule has 0 saturated carbocycles. The van der Waals surface area contributed by atoms with Crippen LogP contribution in [-0.2, 0) is 6.54 Å². The third kappa shape index (κ3) is 4.02. The van der Waals surface area contributed by atoms with Crippen LogP contribution in [0.25, 0.3) is 10.9 Å². The summed E-state index contributed by atoms with van der Waals surface area (Å²) < 4.78 is 7.94. The summed E-state index contributed by atoms with van der Waals surface area (Å²) in [5.74, 6) is 0.310. The molecule has 0 aliphatic heterocycles. The molecule has 0 bridgehead atoms. The second-order valence-electron chi connectivity index (χ2n) is 6.51. The Kier molecular flexibility index (Phi) is 5.08. The Labute approximate surface area is 147 Å². The number of carbonyl (C=O) groups is 1. The standard InChI is InChI=1S/C21H23NO3/c1-15(2)17-6-9-20-18(14-17)10-12-22(20)11-3-13-25-19-7-4-16(5-8-19)21(23)24/h4-10,12,14-15H,3,11,13H2,1-2H3,(H,23,24). The molecule has 0 aliphatic carbocycles.